The lowest BCUT2D eigenvalue weighted by atomic mass is 10.1. The highest BCUT2D eigenvalue weighted by molar-refractivity contribution is 6.04. The Morgan fingerprint density at radius 1 is 1.35 bits per heavy atom. The Hall–Kier alpha value is -2.44. The van der Waals surface area contributed by atoms with Gasteiger partial charge in [-0.05, 0) is 19.1 Å². The lowest BCUT2D eigenvalue weighted by molar-refractivity contribution is 0.102. The molecule has 1 heterocycles. The Balaban J connectivity index is 2.22. The minimum atomic E-state index is -0.803. The molecule has 20 heavy (non-hydrogen) atoms. The standard InChI is InChI=1S/C13H14F2N4O/c1-3-16-12-10(14)4-8(5-11(12)15)13(20)18-9-6-17-19(2)7-9/h4-7,16H,3H2,1-2H3,(H,18,20). The van der Waals surface area contributed by atoms with Crippen molar-refractivity contribution in [1.82, 2.24) is 9.78 Å². The summed E-state index contributed by atoms with van der Waals surface area (Å²) in [7, 11) is 1.69. The highest BCUT2D eigenvalue weighted by Crippen LogP contribution is 2.21. The molecule has 2 N–H and O–H groups in total. The number of hydrogen-bond acceptors (Lipinski definition) is 3. The number of halogens is 2. The van der Waals surface area contributed by atoms with Crippen LogP contribution in [0.1, 0.15) is 17.3 Å². The van der Waals surface area contributed by atoms with E-state index in [0.29, 0.717) is 12.2 Å². The van der Waals surface area contributed by atoms with Gasteiger partial charge < -0.3 is 10.6 Å². The van der Waals surface area contributed by atoms with Crippen LogP contribution in [0.25, 0.3) is 0 Å². The number of benzene rings is 1. The number of rotatable bonds is 4. The first-order valence-electron chi connectivity index (χ1n) is 6.04. The van der Waals surface area contributed by atoms with Gasteiger partial charge in [0.05, 0.1) is 11.9 Å². The van der Waals surface area contributed by atoms with Crippen molar-refractivity contribution in [3.8, 4) is 0 Å². The van der Waals surface area contributed by atoms with Crippen molar-refractivity contribution in [3.63, 3.8) is 0 Å². The maximum absolute atomic E-state index is 13.7. The topological polar surface area (TPSA) is 59.0 Å². The van der Waals surface area contributed by atoms with Crippen LogP contribution >= 0.6 is 0 Å². The fourth-order valence-corrected chi connectivity index (χ4v) is 1.74. The molecule has 0 saturated heterocycles. The van der Waals surface area contributed by atoms with Gasteiger partial charge in [-0.25, -0.2) is 8.78 Å². The summed E-state index contributed by atoms with van der Waals surface area (Å²) in [5.74, 6) is -2.20. The van der Waals surface area contributed by atoms with Crippen molar-refractivity contribution >= 4 is 17.3 Å². The smallest absolute Gasteiger partial charge is 0.255 e. The summed E-state index contributed by atoms with van der Waals surface area (Å²) in [6, 6.07) is 1.99. The fraction of sp³-hybridized carbons (Fsp3) is 0.231. The molecule has 1 aromatic heterocycles. The molecule has 0 aliphatic heterocycles. The third-order valence-electron chi connectivity index (χ3n) is 2.62. The number of nitrogens with one attached hydrogen (secondary N) is 2. The molecule has 2 rings (SSSR count). The normalized spacial score (nSPS) is 10.4. The Kier molecular flexibility index (Phi) is 3.97. The molecular formula is C13H14F2N4O. The molecule has 2 aromatic rings. The van der Waals surface area contributed by atoms with E-state index in [1.165, 1.54) is 10.9 Å². The molecule has 0 aliphatic rings. The lowest BCUT2D eigenvalue weighted by Crippen LogP contribution is -2.13. The molecule has 0 bridgehead atoms. The van der Waals surface area contributed by atoms with Crippen LogP contribution in [0.4, 0.5) is 20.2 Å². The predicted octanol–water partition coefficient (Wildman–Crippen LogP) is 2.38. The summed E-state index contributed by atoms with van der Waals surface area (Å²) in [6.07, 6.45) is 3.02. The van der Waals surface area contributed by atoms with Gasteiger partial charge in [0, 0.05) is 25.4 Å². The second-order valence-electron chi connectivity index (χ2n) is 4.20. The predicted molar refractivity (Wildman–Crippen MR) is 71.7 cm³/mol. The van der Waals surface area contributed by atoms with E-state index in [4.69, 9.17) is 0 Å². The molecule has 0 fully saturated rings. The number of aryl methyl sites for hydroxylation is 1. The summed E-state index contributed by atoms with van der Waals surface area (Å²) < 4.78 is 28.9. The van der Waals surface area contributed by atoms with Crippen molar-refractivity contribution in [2.45, 2.75) is 6.92 Å². The third kappa shape index (κ3) is 2.93. The first kappa shape index (κ1) is 14.0. The molecule has 0 radical (unpaired) electrons. The first-order valence-corrected chi connectivity index (χ1v) is 6.04. The minimum Gasteiger partial charge on any atom is -0.381 e. The number of carbonyl (C=O) groups is 1. The van der Waals surface area contributed by atoms with E-state index in [1.54, 1.807) is 20.2 Å². The SMILES string of the molecule is CCNc1c(F)cc(C(=O)Nc2cnn(C)c2)cc1F. The molecule has 0 saturated carbocycles. The van der Waals surface area contributed by atoms with Crippen LogP contribution in [-0.2, 0) is 7.05 Å². The van der Waals surface area contributed by atoms with Gasteiger partial charge >= 0.3 is 0 Å². The average molecular weight is 280 g/mol. The maximum atomic E-state index is 13.7. The quantitative estimate of drug-likeness (QED) is 0.904. The number of nitrogens with zero attached hydrogens (tertiary/aromatic N) is 2. The van der Waals surface area contributed by atoms with Crippen LogP contribution in [0.3, 0.4) is 0 Å². The summed E-state index contributed by atoms with van der Waals surface area (Å²) in [4.78, 5) is 11.9. The van der Waals surface area contributed by atoms with E-state index in [0.717, 1.165) is 12.1 Å². The van der Waals surface area contributed by atoms with Crippen LogP contribution in [-0.4, -0.2) is 22.2 Å². The first-order chi connectivity index (χ1) is 9.51. The Bertz CT molecular complexity index is 616. The van der Waals surface area contributed by atoms with E-state index < -0.39 is 17.5 Å². The Labute approximate surface area is 114 Å². The second kappa shape index (κ2) is 5.68. The largest absolute Gasteiger partial charge is 0.381 e. The zero-order valence-corrected chi connectivity index (χ0v) is 11.1. The Morgan fingerprint density at radius 3 is 2.50 bits per heavy atom. The second-order valence-corrected chi connectivity index (χ2v) is 4.20. The lowest BCUT2D eigenvalue weighted by Gasteiger charge is -2.09. The van der Waals surface area contributed by atoms with Gasteiger partial charge in [0.25, 0.3) is 5.91 Å². The van der Waals surface area contributed by atoms with Gasteiger partial charge in [-0.15, -0.1) is 0 Å². The van der Waals surface area contributed by atoms with E-state index in [1.807, 2.05) is 0 Å². The summed E-state index contributed by atoms with van der Waals surface area (Å²) >= 11 is 0. The van der Waals surface area contributed by atoms with Gasteiger partial charge in [0.1, 0.15) is 17.3 Å². The average Bonchev–Trinajstić information content (AvgIpc) is 2.79. The number of carbonyl (C=O) groups excluding carboxylic acids is 1. The molecule has 0 atom stereocenters. The molecule has 106 valence electrons. The molecule has 0 unspecified atom stereocenters. The van der Waals surface area contributed by atoms with Crippen molar-refractivity contribution < 1.29 is 13.6 Å². The van der Waals surface area contributed by atoms with Crippen LogP contribution in [0.5, 0.6) is 0 Å². The van der Waals surface area contributed by atoms with Crippen molar-refractivity contribution in [3.05, 3.63) is 41.7 Å². The van der Waals surface area contributed by atoms with Gasteiger partial charge in [-0.3, -0.25) is 9.48 Å². The zero-order valence-electron chi connectivity index (χ0n) is 11.1. The number of amides is 1. The van der Waals surface area contributed by atoms with E-state index >= 15 is 0 Å². The van der Waals surface area contributed by atoms with Gasteiger partial charge in [0.2, 0.25) is 0 Å². The Morgan fingerprint density at radius 2 is 2.00 bits per heavy atom. The summed E-state index contributed by atoms with van der Waals surface area (Å²) in [6.45, 7) is 2.11. The molecular weight excluding hydrogens is 266 g/mol. The van der Waals surface area contributed by atoms with Crippen LogP contribution in [0.15, 0.2) is 24.5 Å². The molecule has 1 amide bonds. The van der Waals surface area contributed by atoms with Crippen molar-refractivity contribution in [2.24, 2.45) is 7.05 Å². The van der Waals surface area contributed by atoms with E-state index in [-0.39, 0.29) is 11.3 Å². The molecule has 0 aliphatic carbocycles. The molecule has 7 heteroatoms. The minimum absolute atomic E-state index is 0.0921. The number of hydrogen-bond donors (Lipinski definition) is 2. The maximum Gasteiger partial charge on any atom is 0.255 e. The van der Waals surface area contributed by atoms with E-state index in [9.17, 15) is 13.6 Å². The summed E-state index contributed by atoms with van der Waals surface area (Å²) in [5, 5.41) is 8.96. The molecule has 1 aromatic carbocycles. The highest BCUT2D eigenvalue weighted by atomic mass is 19.1. The zero-order chi connectivity index (χ0) is 14.7. The molecule has 5 nitrogen and oxygen atoms in total. The highest BCUT2D eigenvalue weighted by Gasteiger charge is 2.15. The number of aromatic nitrogens is 2. The van der Waals surface area contributed by atoms with Crippen molar-refractivity contribution in [1.29, 1.82) is 0 Å². The summed E-state index contributed by atoms with van der Waals surface area (Å²) in [5.41, 5.74) is 0.130. The van der Waals surface area contributed by atoms with Crippen LogP contribution in [0, 0.1) is 11.6 Å². The third-order valence-corrected chi connectivity index (χ3v) is 2.62. The fourth-order valence-electron chi connectivity index (χ4n) is 1.74. The van der Waals surface area contributed by atoms with E-state index in [2.05, 4.69) is 15.7 Å². The van der Waals surface area contributed by atoms with Gasteiger partial charge in [0.15, 0.2) is 0 Å². The van der Waals surface area contributed by atoms with Gasteiger partial charge in [-0.2, -0.15) is 5.10 Å². The van der Waals surface area contributed by atoms with Crippen molar-refractivity contribution in [2.75, 3.05) is 17.2 Å². The van der Waals surface area contributed by atoms with Crippen LogP contribution in [0.2, 0.25) is 0 Å². The van der Waals surface area contributed by atoms with Crippen LogP contribution < -0.4 is 10.6 Å². The number of anilines is 2. The van der Waals surface area contributed by atoms with Gasteiger partial charge in [-0.1, -0.05) is 0 Å². The monoisotopic (exact) mass is 280 g/mol. The molecule has 0 spiro atoms.